The second-order valence-electron chi connectivity index (χ2n) is 5.27. The minimum Gasteiger partial charge on any atom is -0.306 e. The third-order valence-corrected chi connectivity index (χ3v) is 4.37. The third kappa shape index (κ3) is 3.95. The lowest BCUT2D eigenvalue weighted by Crippen LogP contribution is -2.19. The first kappa shape index (κ1) is 15.8. The highest BCUT2D eigenvalue weighted by atomic mass is 32.2. The van der Waals surface area contributed by atoms with Crippen LogP contribution in [0.4, 0.5) is 5.69 Å². The van der Waals surface area contributed by atoms with Crippen molar-refractivity contribution in [3.05, 3.63) is 39.4 Å². The molecule has 1 aromatic rings. The molecule has 6 nitrogen and oxygen atoms in total. The summed E-state index contributed by atoms with van der Waals surface area (Å²) < 4.78 is 19.6. The smallest absolute Gasteiger partial charge is 0.280 e. The van der Waals surface area contributed by atoms with E-state index in [0.29, 0.717) is 5.56 Å². The largest absolute Gasteiger partial charge is 0.306 e. The number of hydrogen-bond donors (Lipinski definition) is 1. The van der Waals surface area contributed by atoms with Gasteiger partial charge in [-0.3, -0.25) is 14.9 Å². The molecule has 1 N–H and O–H groups in total. The van der Waals surface area contributed by atoms with E-state index in [2.05, 4.69) is 0 Å². The number of benzene rings is 1. The summed E-state index contributed by atoms with van der Waals surface area (Å²) in [6.45, 7) is 0. The fourth-order valence-corrected chi connectivity index (χ4v) is 3.22. The Morgan fingerprint density at radius 2 is 2.00 bits per heavy atom. The van der Waals surface area contributed by atoms with Crippen LogP contribution in [0.5, 0.6) is 0 Å². The molecule has 0 aliphatic heterocycles. The minimum absolute atomic E-state index is 0.111. The molecule has 0 spiro atoms. The maximum Gasteiger partial charge on any atom is 0.280 e. The Labute approximate surface area is 125 Å². The molecule has 1 saturated carbocycles. The Morgan fingerprint density at radius 1 is 1.33 bits per heavy atom. The van der Waals surface area contributed by atoms with Crippen molar-refractivity contribution in [3.63, 3.8) is 0 Å². The van der Waals surface area contributed by atoms with E-state index in [0.717, 1.165) is 32.1 Å². The molecule has 0 aromatic heterocycles. The van der Waals surface area contributed by atoms with Gasteiger partial charge in [-0.25, -0.2) is 4.21 Å². The van der Waals surface area contributed by atoms with Crippen LogP contribution < -0.4 is 0 Å². The molecule has 1 fully saturated rings. The van der Waals surface area contributed by atoms with E-state index in [1.807, 2.05) is 0 Å². The van der Waals surface area contributed by atoms with E-state index in [9.17, 15) is 19.1 Å². The van der Waals surface area contributed by atoms with Gasteiger partial charge in [-0.05, 0) is 24.5 Å². The maximum atomic E-state index is 12.4. The van der Waals surface area contributed by atoms with Gasteiger partial charge in [0.2, 0.25) is 0 Å². The zero-order valence-electron chi connectivity index (χ0n) is 11.5. The number of ketones is 1. The van der Waals surface area contributed by atoms with Crippen molar-refractivity contribution in [1.82, 2.24) is 0 Å². The van der Waals surface area contributed by atoms with Crippen LogP contribution in [0.15, 0.2) is 18.2 Å². The van der Waals surface area contributed by atoms with Gasteiger partial charge in [-0.1, -0.05) is 25.3 Å². The number of carbonyl (C=O) groups excluding carboxylic acids is 1. The van der Waals surface area contributed by atoms with E-state index >= 15 is 0 Å². The van der Waals surface area contributed by atoms with Gasteiger partial charge in [0.1, 0.15) is 0 Å². The van der Waals surface area contributed by atoms with E-state index in [4.69, 9.17) is 4.55 Å². The van der Waals surface area contributed by atoms with Crippen molar-refractivity contribution in [2.45, 2.75) is 37.9 Å². The van der Waals surface area contributed by atoms with Crippen LogP contribution in [0, 0.1) is 16.0 Å². The van der Waals surface area contributed by atoms with Crippen molar-refractivity contribution in [2.75, 3.05) is 0 Å². The molecule has 2 rings (SSSR count). The molecule has 21 heavy (non-hydrogen) atoms. The fourth-order valence-electron chi connectivity index (χ4n) is 2.75. The summed E-state index contributed by atoms with van der Waals surface area (Å²) >= 11 is -2.07. The van der Waals surface area contributed by atoms with Crippen molar-refractivity contribution in [1.29, 1.82) is 0 Å². The van der Waals surface area contributed by atoms with Gasteiger partial charge in [0.05, 0.1) is 16.2 Å². The number of hydrogen-bond acceptors (Lipinski definition) is 4. The van der Waals surface area contributed by atoms with Gasteiger partial charge in [-0.15, -0.1) is 0 Å². The van der Waals surface area contributed by atoms with Crippen molar-refractivity contribution < 1.29 is 18.5 Å². The Balaban J connectivity index is 2.31. The molecule has 1 aliphatic carbocycles. The molecule has 0 saturated heterocycles. The summed E-state index contributed by atoms with van der Waals surface area (Å²) in [5.74, 6) is -0.507. The molecular weight excluding hydrogens is 294 g/mol. The van der Waals surface area contributed by atoms with E-state index in [-0.39, 0.29) is 28.7 Å². The summed E-state index contributed by atoms with van der Waals surface area (Å²) in [6.07, 6.45) is 4.61. The average Bonchev–Trinajstić information content (AvgIpc) is 2.46. The lowest BCUT2D eigenvalue weighted by molar-refractivity contribution is -0.385. The quantitative estimate of drug-likeness (QED) is 0.390. The average molecular weight is 311 g/mol. The number of nitro groups is 1. The first-order chi connectivity index (χ1) is 9.99. The minimum atomic E-state index is -2.07. The zero-order chi connectivity index (χ0) is 15.4. The molecule has 0 heterocycles. The van der Waals surface area contributed by atoms with Crippen LogP contribution in [0.25, 0.3) is 0 Å². The predicted octanol–water partition coefficient (Wildman–Crippen LogP) is 3.08. The molecule has 0 amide bonds. The normalized spacial score (nSPS) is 17.4. The van der Waals surface area contributed by atoms with Crippen LogP contribution >= 0.6 is 0 Å². The second kappa shape index (κ2) is 6.91. The SMILES string of the molecule is O=C(c1ccc(CS(=O)O)cc1[N+](=O)[O-])C1CCCCC1. The van der Waals surface area contributed by atoms with Crippen LogP contribution in [0.3, 0.4) is 0 Å². The van der Waals surface area contributed by atoms with E-state index in [1.54, 1.807) is 0 Å². The third-order valence-electron chi connectivity index (χ3n) is 3.79. The van der Waals surface area contributed by atoms with Gasteiger partial charge >= 0.3 is 0 Å². The number of rotatable bonds is 5. The maximum absolute atomic E-state index is 12.4. The molecular formula is C14H17NO5S. The summed E-state index contributed by atoms with van der Waals surface area (Å²) in [4.78, 5) is 23.0. The Morgan fingerprint density at radius 3 is 2.57 bits per heavy atom. The lowest BCUT2D eigenvalue weighted by atomic mass is 9.83. The summed E-state index contributed by atoms with van der Waals surface area (Å²) in [5, 5.41) is 11.2. The monoisotopic (exact) mass is 311 g/mol. The molecule has 1 unspecified atom stereocenters. The topological polar surface area (TPSA) is 97.5 Å². The van der Waals surface area contributed by atoms with E-state index < -0.39 is 16.0 Å². The van der Waals surface area contributed by atoms with Crippen molar-refractivity contribution >= 4 is 22.6 Å². The molecule has 1 atom stereocenters. The van der Waals surface area contributed by atoms with Gasteiger partial charge in [0.25, 0.3) is 5.69 Å². The summed E-state index contributed by atoms with van der Waals surface area (Å²) in [5.41, 5.74) is 0.218. The van der Waals surface area contributed by atoms with E-state index in [1.165, 1.54) is 18.2 Å². The van der Waals surface area contributed by atoms with Crippen LogP contribution in [-0.4, -0.2) is 19.5 Å². The van der Waals surface area contributed by atoms with Gasteiger partial charge in [0.15, 0.2) is 16.9 Å². The van der Waals surface area contributed by atoms with Crippen LogP contribution in [-0.2, 0) is 16.8 Å². The van der Waals surface area contributed by atoms with Gasteiger partial charge < -0.3 is 4.55 Å². The van der Waals surface area contributed by atoms with Crippen molar-refractivity contribution in [3.8, 4) is 0 Å². The predicted molar refractivity (Wildman–Crippen MR) is 78.5 cm³/mol. The molecule has 0 bridgehead atoms. The Kier molecular flexibility index (Phi) is 5.19. The fraction of sp³-hybridized carbons (Fsp3) is 0.500. The highest BCUT2D eigenvalue weighted by molar-refractivity contribution is 7.78. The molecule has 1 aliphatic rings. The lowest BCUT2D eigenvalue weighted by Gasteiger charge is -2.20. The molecule has 114 valence electrons. The number of carbonyl (C=O) groups is 1. The molecule has 0 radical (unpaired) electrons. The summed E-state index contributed by atoms with van der Waals surface area (Å²) in [7, 11) is 0. The molecule has 7 heteroatoms. The van der Waals surface area contributed by atoms with Gasteiger partial charge in [-0.2, -0.15) is 0 Å². The van der Waals surface area contributed by atoms with Gasteiger partial charge in [0, 0.05) is 12.0 Å². The highest BCUT2D eigenvalue weighted by Gasteiger charge is 2.28. The van der Waals surface area contributed by atoms with Crippen LogP contribution in [0.1, 0.15) is 48.0 Å². The number of nitrogens with zero attached hydrogens (tertiary/aromatic N) is 1. The second-order valence-corrected chi connectivity index (χ2v) is 6.21. The number of nitro benzene ring substituents is 1. The van der Waals surface area contributed by atoms with Crippen molar-refractivity contribution in [2.24, 2.45) is 5.92 Å². The first-order valence-corrected chi connectivity index (χ1v) is 8.15. The Hall–Kier alpha value is -1.60. The zero-order valence-corrected chi connectivity index (χ0v) is 12.3. The standard InChI is InChI=1S/C14H17NO5S/c16-14(11-4-2-1-3-5-11)12-7-6-10(9-21(19)20)8-13(12)15(17)18/h6-8,11H,1-5,9H2,(H,19,20). The van der Waals surface area contributed by atoms with Crippen LogP contribution in [0.2, 0.25) is 0 Å². The summed E-state index contributed by atoms with van der Waals surface area (Å²) in [6, 6.07) is 4.15. The Bertz CT molecular complexity index is 581. The molecule has 1 aromatic carbocycles. The number of Topliss-reactive ketones (excluding diaryl/α,β-unsaturated/α-hetero) is 1. The highest BCUT2D eigenvalue weighted by Crippen LogP contribution is 2.30. The first-order valence-electron chi connectivity index (χ1n) is 6.88.